The molecule has 4 nitrogen and oxygen atoms in total. The van der Waals surface area contributed by atoms with Gasteiger partial charge in [-0.2, -0.15) is 0 Å². The van der Waals surface area contributed by atoms with Crippen molar-refractivity contribution in [3.8, 4) is 5.75 Å². The molecular weight excluding hydrogens is 216 g/mol. The third-order valence-electron chi connectivity index (χ3n) is 1.81. The van der Waals surface area contributed by atoms with Gasteiger partial charge in [-0.3, -0.25) is 0 Å². The molecule has 0 unspecified atom stereocenters. The second-order valence-electron chi connectivity index (χ2n) is 3.04. The monoisotopic (exact) mass is 230 g/mol. The Morgan fingerprint density at radius 1 is 1.13 bits per heavy atom. The first-order valence-corrected chi connectivity index (χ1v) is 6.45. The number of aliphatic hydroxyl groups excluding tert-OH is 1. The minimum absolute atomic E-state index is 0.0670. The molecule has 0 aliphatic carbocycles. The molecule has 1 rings (SSSR count). The highest BCUT2D eigenvalue weighted by Gasteiger charge is 2.09. The Bertz CT molecular complexity index is 372. The van der Waals surface area contributed by atoms with E-state index < -0.39 is 9.84 Å². The van der Waals surface area contributed by atoms with Crippen molar-refractivity contribution in [2.75, 3.05) is 24.7 Å². The van der Waals surface area contributed by atoms with Gasteiger partial charge < -0.3 is 9.84 Å². The maximum Gasteiger partial charge on any atom is 0.155 e. The van der Waals surface area contributed by atoms with E-state index in [1.54, 1.807) is 12.1 Å². The fraction of sp³-hybridized carbons (Fsp3) is 0.400. The Morgan fingerprint density at radius 2 is 1.80 bits per heavy atom. The quantitative estimate of drug-likeness (QED) is 0.771. The van der Waals surface area contributed by atoms with Crippen LogP contribution in [-0.4, -0.2) is 38.2 Å². The molecule has 0 aromatic heterocycles. The lowest BCUT2D eigenvalue weighted by Gasteiger charge is -2.05. The molecule has 0 saturated heterocycles. The molecule has 1 N–H and O–H groups in total. The molecular formula is C10H14O4S. The molecule has 0 bridgehead atoms. The number of hydrogen-bond acceptors (Lipinski definition) is 4. The van der Waals surface area contributed by atoms with E-state index in [-0.39, 0.29) is 24.7 Å². The number of benzene rings is 1. The van der Waals surface area contributed by atoms with E-state index in [1.807, 2.05) is 18.2 Å². The van der Waals surface area contributed by atoms with E-state index in [9.17, 15) is 8.42 Å². The highest BCUT2D eigenvalue weighted by Crippen LogP contribution is 2.08. The van der Waals surface area contributed by atoms with Crippen molar-refractivity contribution in [1.29, 1.82) is 0 Å². The van der Waals surface area contributed by atoms with Gasteiger partial charge >= 0.3 is 0 Å². The van der Waals surface area contributed by atoms with Crippen molar-refractivity contribution in [1.82, 2.24) is 0 Å². The van der Waals surface area contributed by atoms with Crippen LogP contribution < -0.4 is 4.74 Å². The van der Waals surface area contributed by atoms with Gasteiger partial charge in [-0.05, 0) is 12.1 Å². The lowest BCUT2D eigenvalue weighted by atomic mass is 10.3. The topological polar surface area (TPSA) is 63.6 Å². The van der Waals surface area contributed by atoms with Crippen LogP contribution in [0.1, 0.15) is 0 Å². The van der Waals surface area contributed by atoms with Crippen LogP contribution in [0.25, 0.3) is 0 Å². The van der Waals surface area contributed by atoms with Gasteiger partial charge in [0.15, 0.2) is 9.84 Å². The molecule has 15 heavy (non-hydrogen) atoms. The smallest absolute Gasteiger partial charge is 0.155 e. The molecule has 0 fully saturated rings. The third kappa shape index (κ3) is 4.80. The van der Waals surface area contributed by atoms with E-state index >= 15 is 0 Å². The molecule has 0 radical (unpaired) electrons. The zero-order chi connectivity index (χ0) is 11.1. The van der Waals surface area contributed by atoms with Crippen LogP contribution in [0, 0.1) is 0 Å². The van der Waals surface area contributed by atoms with Crippen LogP contribution in [0.5, 0.6) is 5.75 Å². The lowest BCUT2D eigenvalue weighted by Crippen LogP contribution is -2.18. The summed E-state index contributed by atoms with van der Waals surface area (Å²) in [5, 5.41) is 8.50. The fourth-order valence-corrected chi connectivity index (χ4v) is 1.86. The lowest BCUT2D eigenvalue weighted by molar-refractivity contribution is 0.317. The Labute approximate surface area is 89.4 Å². The van der Waals surface area contributed by atoms with Crippen LogP contribution in [0.2, 0.25) is 0 Å². The van der Waals surface area contributed by atoms with E-state index in [1.165, 1.54) is 0 Å². The summed E-state index contributed by atoms with van der Waals surface area (Å²) in [6.07, 6.45) is 0. The largest absolute Gasteiger partial charge is 0.493 e. The molecule has 0 heterocycles. The van der Waals surface area contributed by atoms with Gasteiger partial charge in [-0.25, -0.2) is 8.42 Å². The zero-order valence-electron chi connectivity index (χ0n) is 8.30. The fourth-order valence-electron chi connectivity index (χ4n) is 1.04. The highest BCUT2D eigenvalue weighted by atomic mass is 32.2. The van der Waals surface area contributed by atoms with Crippen LogP contribution >= 0.6 is 0 Å². The second-order valence-corrected chi connectivity index (χ2v) is 5.34. The normalized spacial score (nSPS) is 11.3. The Hall–Kier alpha value is -1.07. The van der Waals surface area contributed by atoms with Crippen LogP contribution in [-0.2, 0) is 9.84 Å². The van der Waals surface area contributed by atoms with Crippen molar-refractivity contribution in [3.05, 3.63) is 30.3 Å². The molecule has 1 aromatic rings. The molecule has 0 atom stereocenters. The molecule has 0 spiro atoms. The van der Waals surface area contributed by atoms with E-state index in [0.29, 0.717) is 5.75 Å². The molecule has 0 saturated carbocycles. The van der Waals surface area contributed by atoms with Gasteiger partial charge in [0.1, 0.15) is 12.4 Å². The number of para-hydroxylation sites is 1. The first-order chi connectivity index (χ1) is 7.14. The van der Waals surface area contributed by atoms with Gasteiger partial charge in [0.05, 0.1) is 18.1 Å². The summed E-state index contributed by atoms with van der Waals surface area (Å²) in [4.78, 5) is 0. The van der Waals surface area contributed by atoms with Gasteiger partial charge in [0.25, 0.3) is 0 Å². The summed E-state index contributed by atoms with van der Waals surface area (Å²) in [6, 6.07) is 9.02. The average molecular weight is 230 g/mol. The number of sulfone groups is 1. The number of ether oxygens (including phenoxy) is 1. The summed E-state index contributed by atoms with van der Waals surface area (Å²) in [5.74, 6) is 0.379. The first-order valence-electron chi connectivity index (χ1n) is 4.63. The molecule has 0 aliphatic rings. The van der Waals surface area contributed by atoms with Crippen molar-refractivity contribution in [2.24, 2.45) is 0 Å². The summed E-state index contributed by atoms with van der Waals surface area (Å²) >= 11 is 0. The summed E-state index contributed by atoms with van der Waals surface area (Å²) in [5.41, 5.74) is 0. The van der Waals surface area contributed by atoms with E-state index in [4.69, 9.17) is 9.84 Å². The van der Waals surface area contributed by atoms with Crippen molar-refractivity contribution < 1.29 is 18.3 Å². The molecule has 5 heteroatoms. The number of hydrogen-bond donors (Lipinski definition) is 1. The van der Waals surface area contributed by atoms with Gasteiger partial charge in [0, 0.05) is 0 Å². The number of aliphatic hydroxyl groups is 1. The molecule has 84 valence electrons. The first kappa shape index (κ1) is 12.0. The van der Waals surface area contributed by atoms with E-state index in [0.717, 1.165) is 0 Å². The Kier molecular flexibility index (Phi) is 4.58. The van der Waals surface area contributed by atoms with Crippen LogP contribution in [0.4, 0.5) is 0 Å². The number of rotatable bonds is 6. The van der Waals surface area contributed by atoms with Gasteiger partial charge in [-0.15, -0.1) is 0 Å². The Balaban J connectivity index is 2.34. The van der Waals surface area contributed by atoms with Crippen LogP contribution in [0.3, 0.4) is 0 Å². The van der Waals surface area contributed by atoms with Gasteiger partial charge in [0.2, 0.25) is 0 Å². The second kappa shape index (κ2) is 5.72. The minimum atomic E-state index is -3.18. The Morgan fingerprint density at radius 3 is 2.40 bits per heavy atom. The van der Waals surface area contributed by atoms with Gasteiger partial charge in [-0.1, -0.05) is 18.2 Å². The maximum atomic E-state index is 11.2. The predicted octanol–water partition coefficient (Wildman–Crippen LogP) is 0.472. The molecule has 0 aliphatic heterocycles. The van der Waals surface area contributed by atoms with Crippen molar-refractivity contribution >= 4 is 9.84 Å². The summed E-state index contributed by atoms with van der Waals surface area (Å²) < 4.78 is 27.6. The predicted molar refractivity (Wildman–Crippen MR) is 57.7 cm³/mol. The SMILES string of the molecule is O=S(=O)(CCO)CCOc1ccccc1. The maximum absolute atomic E-state index is 11.2. The zero-order valence-corrected chi connectivity index (χ0v) is 9.11. The highest BCUT2D eigenvalue weighted by molar-refractivity contribution is 7.91. The minimum Gasteiger partial charge on any atom is -0.493 e. The standard InChI is InChI=1S/C10H14O4S/c11-6-8-15(12,13)9-7-14-10-4-2-1-3-5-10/h1-5,11H,6-9H2. The third-order valence-corrected chi connectivity index (χ3v) is 3.40. The van der Waals surface area contributed by atoms with Crippen molar-refractivity contribution in [2.45, 2.75) is 0 Å². The summed E-state index contributed by atoms with van der Waals surface area (Å²) in [7, 11) is -3.18. The molecule has 0 amide bonds. The van der Waals surface area contributed by atoms with Crippen LogP contribution in [0.15, 0.2) is 30.3 Å². The summed E-state index contributed by atoms with van der Waals surface area (Å²) in [6.45, 7) is -0.222. The molecule has 1 aromatic carbocycles. The average Bonchev–Trinajstić information content (AvgIpc) is 2.19. The van der Waals surface area contributed by atoms with Crippen molar-refractivity contribution in [3.63, 3.8) is 0 Å². The van der Waals surface area contributed by atoms with E-state index in [2.05, 4.69) is 0 Å².